The Balaban J connectivity index is 0.000000188. The van der Waals surface area contributed by atoms with Crippen molar-refractivity contribution in [2.24, 2.45) is 0 Å². The molecule has 4 nitrogen and oxygen atoms in total. The van der Waals surface area contributed by atoms with E-state index in [9.17, 15) is 0 Å². The number of allylic oxidation sites excluding steroid dienone is 2. The number of nitrogens with one attached hydrogen (secondary N) is 1. The standard InChI is InChI=1S/C17H12N2O2.C10H8.HI/c1-3-8-14-12(6-1)18-16(20-14)10-5-11-17-19-13-7-2-4-9-15(13)21-17;1-2-6-10-8-4-3-7-9(10)5-1;/h1-11,18H;1-8H;1H. The summed E-state index contributed by atoms with van der Waals surface area (Å²) in [7, 11) is 0. The van der Waals surface area contributed by atoms with Gasteiger partial charge in [-0.05, 0) is 41.1 Å². The van der Waals surface area contributed by atoms with E-state index >= 15 is 0 Å². The largest absolute Gasteiger partial charge is 0.439 e. The number of hydrogen-bond donors (Lipinski definition) is 1. The lowest BCUT2D eigenvalue weighted by atomic mass is 10.1. The van der Waals surface area contributed by atoms with E-state index < -0.39 is 0 Å². The van der Waals surface area contributed by atoms with E-state index in [1.807, 2.05) is 60.7 Å². The molecule has 0 spiro atoms. The smallest absolute Gasteiger partial charge is 0.219 e. The summed E-state index contributed by atoms with van der Waals surface area (Å²) in [6.45, 7) is 0. The molecular formula is C27H21IN2O2. The fraction of sp³-hybridized carbons (Fsp3) is 0. The van der Waals surface area contributed by atoms with E-state index in [1.54, 1.807) is 6.08 Å². The molecular weight excluding hydrogens is 511 g/mol. The van der Waals surface area contributed by atoms with E-state index in [4.69, 9.17) is 9.15 Å². The average molecular weight is 532 g/mol. The van der Waals surface area contributed by atoms with Crippen LogP contribution in [0.5, 0.6) is 5.75 Å². The quantitative estimate of drug-likeness (QED) is 0.238. The molecule has 0 bridgehead atoms. The Kier molecular flexibility index (Phi) is 6.87. The summed E-state index contributed by atoms with van der Waals surface area (Å²) in [6, 6.07) is 32.2. The zero-order chi connectivity index (χ0) is 20.9. The molecule has 0 saturated carbocycles. The van der Waals surface area contributed by atoms with Gasteiger partial charge >= 0.3 is 0 Å². The summed E-state index contributed by atoms with van der Waals surface area (Å²) >= 11 is 0. The first-order valence-electron chi connectivity index (χ1n) is 10.1. The number of halogens is 1. The highest BCUT2D eigenvalue weighted by atomic mass is 127. The topological polar surface area (TPSA) is 47.3 Å². The second-order valence-corrected chi connectivity index (χ2v) is 6.98. The van der Waals surface area contributed by atoms with Crippen molar-refractivity contribution >= 4 is 57.6 Å². The summed E-state index contributed by atoms with van der Waals surface area (Å²) < 4.78 is 11.3. The molecule has 2 heterocycles. The van der Waals surface area contributed by atoms with Crippen LogP contribution in [0.3, 0.4) is 0 Å². The van der Waals surface area contributed by atoms with Crippen molar-refractivity contribution in [1.82, 2.24) is 4.98 Å². The van der Waals surface area contributed by atoms with Crippen molar-refractivity contribution in [1.29, 1.82) is 0 Å². The number of rotatable bonds is 2. The molecule has 1 aliphatic heterocycles. The molecule has 0 aliphatic carbocycles. The number of fused-ring (bicyclic) bond motifs is 3. The van der Waals surface area contributed by atoms with Gasteiger partial charge in [-0.15, -0.1) is 24.0 Å². The molecule has 4 aromatic carbocycles. The van der Waals surface area contributed by atoms with Gasteiger partial charge in [0.05, 0.1) is 5.69 Å². The highest BCUT2D eigenvalue weighted by Gasteiger charge is 2.14. The molecule has 0 unspecified atom stereocenters. The summed E-state index contributed by atoms with van der Waals surface area (Å²) in [5.74, 6) is 2.09. The second kappa shape index (κ2) is 10.2. The van der Waals surface area contributed by atoms with Crippen LogP contribution in [0.15, 0.2) is 120 Å². The number of anilines is 1. The van der Waals surface area contributed by atoms with Crippen LogP contribution in [0.4, 0.5) is 5.69 Å². The van der Waals surface area contributed by atoms with E-state index in [1.165, 1.54) is 10.8 Å². The Labute approximate surface area is 203 Å². The zero-order valence-corrected chi connectivity index (χ0v) is 19.5. The van der Waals surface area contributed by atoms with Gasteiger partial charge in [-0.25, -0.2) is 4.98 Å². The molecule has 6 rings (SSSR count). The first kappa shape index (κ1) is 21.6. The Bertz CT molecular complexity index is 1280. The van der Waals surface area contributed by atoms with Crippen molar-refractivity contribution in [3.05, 3.63) is 121 Å². The van der Waals surface area contributed by atoms with Gasteiger partial charge in [0.2, 0.25) is 5.89 Å². The minimum Gasteiger partial charge on any atom is -0.439 e. The van der Waals surface area contributed by atoms with Crippen molar-refractivity contribution in [3.63, 3.8) is 0 Å². The first-order valence-corrected chi connectivity index (χ1v) is 10.1. The molecule has 32 heavy (non-hydrogen) atoms. The van der Waals surface area contributed by atoms with Gasteiger partial charge in [-0.1, -0.05) is 78.9 Å². The van der Waals surface area contributed by atoms with Crippen LogP contribution in [0.1, 0.15) is 5.89 Å². The molecule has 158 valence electrons. The Morgan fingerprint density at radius 1 is 0.719 bits per heavy atom. The van der Waals surface area contributed by atoms with Gasteiger partial charge in [-0.3, -0.25) is 0 Å². The lowest BCUT2D eigenvalue weighted by Gasteiger charge is -1.94. The molecule has 0 radical (unpaired) electrons. The maximum Gasteiger partial charge on any atom is 0.219 e. The molecule has 5 aromatic rings. The number of oxazole rings is 1. The van der Waals surface area contributed by atoms with Crippen LogP contribution in [0.25, 0.3) is 27.9 Å². The zero-order valence-electron chi connectivity index (χ0n) is 17.1. The summed E-state index contributed by atoms with van der Waals surface area (Å²) in [5.41, 5.74) is 2.61. The Hall–Kier alpha value is -3.58. The van der Waals surface area contributed by atoms with Gasteiger partial charge in [0.1, 0.15) is 5.52 Å². The highest BCUT2D eigenvalue weighted by Crippen LogP contribution is 2.32. The number of aromatic nitrogens is 1. The minimum absolute atomic E-state index is 0. The maximum absolute atomic E-state index is 5.65. The van der Waals surface area contributed by atoms with E-state index in [0.717, 1.165) is 22.5 Å². The van der Waals surface area contributed by atoms with Crippen molar-refractivity contribution in [2.45, 2.75) is 0 Å². The molecule has 0 amide bonds. The van der Waals surface area contributed by atoms with E-state index in [-0.39, 0.29) is 24.0 Å². The predicted molar refractivity (Wildman–Crippen MR) is 141 cm³/mol. The molecule has 0 saturated heterocycles. The van der Waals surface area contributed by atoms with Gasteiger partial charge < -0.3 is 14.5 Å². The highest BCUT2D eigenvalue weighted by molar-refractivity contribution is 14.0. The van der Waals surface area contributed by atoms with Crippen LogP contribution < -0.4 is 10.1 Å². The van der Waals surface area contributed by atoms with Gasteiger partial charge in [0, 0.05) is 6.08 Å². The van der Waals surface area contributed by atoms with Crippen LogP contribution in [-0.2, 0) is 0 Å². The SMILES string of the molecule is C(=Cc1nc2ccccc2o1)C=C1Nc2ccccc2O1.I.c1ccc2ccccc2c1. The summed E-state index contributed by atoms with van der Waals surface area (Å²) in [5, 5.41) is 5.80. The molecule has 1 aliphatic rings. The number of hydrogen-bond acceptors (Lipinski definition) is 4. The predicted octanol–water partition coefficient (Wildman–Crippen LogP) is 7.64. The molecule has 1 aromatic heterocycles. The van der Waals surface area contributed by atoms with Crippen molar-refractivity contribution in [3.8, 4) is 5.75 Å². The summed E-state index contributed by atoms with van der Waals surface area (Å²) in [6.07, 6.45) is 5.49. The lowest BCUT2D eigenvalue weighted by molar-refractivity contribution is 0.457. The van der Waals surface area contributed by atoms with E-state index in [2.05, 4.69) is 58.8 Å². The van der Waals surface area contributed by atoms with Crippen LogP contribution in [-0.4, -0.2) is 4.98 Å². The van der Waals surface area contributed by atoms with Crippen LogP contribution in [0, 0.1) is 0 Å². The number of para-hydroxylation sites is 4. The summed E-state index contributed by atoms with van der Waals surface area (Å²) in [4.78, 5) is 4.37. The third-order valence-electron chi connectivity index (χ3n) is 4.82. The third kappa shape index (κ3) is 5.00. The fourth-order valence-electron chi connectivity index (χ4n) is 3.32. The van der Waals surface area contributed by atoms with Crippen molar-refractivity contribution in [2.75, 3.05) is 5.32 Å². The van der Waals surface area contributed by atoms with Crippen molar-refractivity contribution < 1.29 is 9.15 Å². The Morgan fingerprint density at radius 3 is 2.03 bits per heavy atom. The van der Waals surface area contributed by atoms with Crippen LogP contribution >= 0.6 is 24.0 Å². The molecule has 0 fully saturated rings. The normalized spacial score (nSPS) is 13.2. The van der Waals surface area contributed by atoms with E-state index in [0.29, 0.717) is 11.8 Å². The first-order chi connectivity index (χ1) is 15.3. The fourth-order valence-corrected chi connectivity index (χ4v) is 3.32. The molecule has 0 atom stereocenters. The molecule has 5 heteroatoms. The lowest BCUT2D eigenvalue weighted by Crippen LogP contribution is -1.95. The maximum atomic E-state index is 5.65. The second-order valence-electron chi connectivity index (χ2n) is 6.98. The average Bonchev–Trinajstić information content (AvgIpc) is 3.43. The number of benzene rings is 4. The molecule has 1 N–H and O–H groups in total. The van der Waals surface area contributed by atoms with Gasteiger partial charge in [-0.2, -0.15) is 0 Å². The van der Waals surface area contributed by atoms with Gasteiger partial charge in [0.25, 0.3) is 0 Å². The number of ether oxygens (including phenoxy) is 1. The third-order valence-corrected chi connectivity index (χ3v) is 4.82. The van der Waals surface area contributed by atoms with Crippen LogP contribution in [0.2, 0.25) is 0 Å². The minimum atomic E-state index is 0. The Morgan fingerprint density at radius 2 is 1.34 bits per heavy atom. The van der Waals surface area contributed by atoms with Gasteiger partial charge in [0.15, 0.2) is 17.2 Å². The monoisotopic (exact) mass is 532 g/mol. The number of nitrogens with zero attached hydrogens (tertiary/aromatic N) is 1.